The van der Waals surface area contributed by atoms with Gasteiger partial charge in [0.15, 0.2) is 0 Å². The van der Waals surface area contributed by atoms with Crippen LogP contribution in [0.5, 0.6) is 5.75 Å². The maximum absolute atomic E-state index is 13.5. The van der Waals surface area contributed by atoms with E-state index in [0.29, 0.717) is 24.9 Å². The Hall–Kier alpha value is -3.28. The van der Waals surface area contributed by atoms with Crippen molar-refractivity contribution in [3.63, 3.8) is 0 Å². The topological polar surface area (TPSA) is 83.2 Å². The molecular weight excluding hydrogens is 409 g/mol. The number of rotatable bonds is 7. The number of benzene rings is 1. The molecule has 0 unspecified atom stereocenters. The molecule has 7 nitrogen and oxygen atoms in total. The van der Waals surface area contributed by atoms with Crippen LogP contribution in [0.2, 0.25) is 0 Å². The number of hydrogen-bond acceptors (Lipinski definition) is 6. The maximum Gasteiger partial charge on any atom is 0.251 e. The third kappa shape index (κ3) is 4.96. The Morgan fingerprint density at radius 2 is 2.03 bits per heavy atom. The number of pyridine rings is 2. The van der Waals surface area contributed by atoms with Gasteiger partial charge in [-0.3, -0.25) is 9.78 Å². The minimum atomic E-state index is -0.482. The number of ether oxygens (including phenoxy) is 1. The first-order valence-corrected chi connectivity index (χ1v) is 10.8. The number of likely N-dealkylation sites (tertiary alicyclic amines) is 1. The Kier molecular flexibility index (Phi) is 6.78. The zero-order valence-electron chi connectivity index (χ0n) is 18.1. The van der Waals surface area contributed by atoms with Gasteiger partial charge >= 0.3 is 0 Å². The van der Waals surface area contributed by atoms with E-state index in [9.17, 15) is 9.18 Å². The number of hydrogen-bond donors (Lipinski definition) is 1. The highest BCUT2D eigenvalue weighted by Crippen LogP contribution is 2.17. The number of aromatic nitrogens is 2. The van der Waals surface area contributed by atoms with Crippen molar-refractivity contribution in [3.05, 3.63) is 69.9 Å². The van der Waals surface area contributed by atoms with Crippen LogP contribution in [-0.2, 0) is 13.1 Å². The fraction of sp³-hybridized carbons (Fsp3) is 0.375. The van der Waals surface area contributed by atoms with Crippen LogP contribution in [0.1, 0.15) is 24.0 Å². The highest BCUT2D eigenvalue weighted by atomic mass is 19.1. The number of methoxy groups -OCH3 is 1. The van der Waals surface area contributed by atoms with Gasteiger partial charge in [0.25, 0.3) is 5.56 Å². The van der Waals surface area contributed by atoms with Crippen LogP contribution >= 0.6 is 0 Å². The molecule has 1 aromatic carbocycles. The second-order valence-electron chi connectivity index (χ2n) is 8.03. The highest BCUT2D eigenvalue weighted by Gasteiger charge is 2.19. The quantitative estimate of drug-likeness (QED) is 0.614. The van der Waals surface area contributed by atoms with Crippen molar-refractivity contribution in [2.45, 2.75) is 32.0 Å². The number of nitriles is 1. The lowest BCUT2D eigenvalue weighted by molar-refractivity contribution is 0.191. The Bertz CT molecular complexity index is 1200. The van der Waals surface area contributed by atoms with E-state index in [1.807, 2.05) is 12.1 Å². The fourth-order valence-corrected chi connectivity index (χ4v) is 4.12. The van der Waals surface area contributed by atoms with Crippen LogP contribution in [0.15, 0.2) is 47.4 Å². The van der Waals surface area contributed by atoms with Crippen LogP contribution in [0.25, 0.3) is 11.0 Å². The van der Waals surface area contributed by atoms with Gasteiger partial charge in [-0.15, -0.1) is 0 Å². The lowest BCUT2D eigenvalue weighted by Gasteiger charge is -2.32. The number of piperidine rings is 1. The lowest BCUT2D eigenvalue weighted by Crippen LogP contribution is -2.43. The molecule has 2 aromatic heterocycles. The summed E-state index contributed by atoms with van der Waals surface area (Å²) in [6.45, 7) is 3.86. The third-order valence-corrected chi connectivity index (χ3v) is 6.02. The molecule has 4 rings (SSSR count). The van der Waals surface area contributed by atoms with E-state index in [4.69, 9.17) is 10.00 Å². The summed E-state index contributed by atoms with van der Waals surface area (Å²) in [6, 6.07) is 12.1. The first-order chi connectivity index (χ1) is 15.6. The third-order valence-electron chi connectivity index (χ3n) is 6.02. The van der Waals surface area contributed by atoms with E-state index in [-0.39, 0.29) is 11.1 Å². The van der Waals surface area contributed by atoms with Crippen LogP contribution < -0.4 is 15.6 Å². The zero-order chi connectivity index (χ0) is 22.5. The summed E-state index contributed by atoms with van der Waals surface area (Å²) < 4.78 is 20.5. The predicted octanol–water partition coefficient (Wildman–Crippen LogP) is 2.67. The molecule has 1 N–H and O–H groups in total. The Morgan fingerprint density at radius 1 is 1.22 bits per heavy atom. The van der Waals surface area contributed by atoms with Crippen molar-refractivity contribution < 1.29 is 9.13 Å². The molecule has 0 spiro atoms. The Morgan fingerprint density at radius 3 is 2.78 bits per heavy atom. The van der Waals surface area contributed by atoms with Crippen molar-refractivity contribution in [3.8, 4) is 11.8 Å². The number of nitrogens with zero attached hydrogens (tertiary/aromatic N) is 4. The fourth-order valence-electron chi connectivity index (χ4n) is 4.12. The van der Waals surface area contributed by atoms with Gasteiger partial charge in [0.2, 0.25) is 0 Å². The monoisotopic (exact) mass is 435 g/mol. The number of halogens is 1. The van der Waals surface area contributed by atoms with Crippen molar-refractivity contribution in [1.29, 1.82) is 5.26 Å². The second-order valence-corrected chi connectivity index (χ2v) is 8.03. The average Bonchev–Trinajstić information content (AvgIpc) is 2.83. The van der Waals surface area contributed by atoms with Gasteiger partial charge in [0, 0.05) is 37.8 Å². The molecule has 32 heavy (non-hydrogen) atoms. The minimum Gasteiger partial charge on any atom is -0.495 e. The van der Waals surface area contributed by atoms with Gasteiger partial charge in [-0.05, 0) is 49.7 Å². The van der Waals surface area contributed by atoms with Gasteiger partial charge in [0.05, 0.1) is 29.9 Å². The van der Waals surface area contributed by atoms with E-state index in [2.05, 4.69) is 15.2 Å². The Labute approximate surface area is 186 Å². The standard InChI is InChI=1S/C24H26FN5O2/c1-32-20-13-23-22(28-16-20)4-5-24(31)30(23)11-10-29-8-6-19(7-9-29)27-15-17-2-3-21(25)18(12-17)14-26/h2-5,12-13,16,19,27H,6-11,15H2,1H3. The summed E-state index contributed by atoms with van der Waals surface area (Å²) in [7, 11) is 1.59. The molecule has 166 valence electrons. The van der Waals surface area contributed by atoms with Gasteiger partial charge in [0.1, 0.15) is 17.6 Å². The van der Waals surface area contributed by atoms with Gasteiger partial charge in [-0.2, -0.15) is 5.26 Å². The predicted molar refractivity (Wildman–Crippen MR) is 120 cm³/mol. The van der Waals surface area contributed by atoms with Crippen LogP contribution in [-0.4, -0.2) is 47.2 Å². The van der Waals surface area contributed by atoms with Crippen LogP contribution in [0.3, 0.4) is 0 Å². The van der Waals surface area contributed by atoms with E-state index in [0.717, 1.165) is 49.1 Å². The summed E-state index contributed by atoms with van der Waals surface area (Å²) in [5, 5.41) is 12.5. The summed E-state index contributed by atoms with van der Waals surface area (Å²) >= 11 is 0. The first-order valence-electron chi connectivity index (χ1n) is 10.8. The maximum atomic E-state index is 13.5. The van der Waals surface area contributed by atoms with Gasteiger partial charge < -0.3 is 19.5 Å². The molecule has 1 fully saturated rings. The molecule has 8 heteroatoms. The normalized spacial score (nSPS) is 15.0. The summed E-state index contributed by atoms with van der Waals surface area (Å²) in [4.78, 5) is 19.2. The summed E-state index contributed by atoms with van der Waals surface area (Å²) in [5.74, 6) is 0.149. The molecule has 0 atom stereocenters. The lowest BCUT2D eigenvalue weighted by atomic mass is 10.0. The zero-order valence-corrected chi connectivity index (χ0v) is 18.1. The van der Waals surface area contributed by atoms with Crippen molar-refractivity contribution in [2.24, 2.45) is 0 Å². The van der Waals surface area contributed by atoms with Crippen molar-refractivity contribution >= 4 is 11.0 Å². The molecule has 0 aliphatic carbocycles. The average molecular weight is 436 g/mol. The van der Waals surface area contributed by atoms with E-state index < -0.39 is 5.82 Å². The molecule has 1 saturated heterocycles. The molecule has 3 aromatic rings. The SMILES string of the molecule is COc1cnc2ccc(=O)n(CCN3CCC(NCc4ccc(F)c(C#N)c4)CC3)c2c1. The number of nitrogens with one attached hydrogen (secondary N) is 1. The molecular formula is C24H26FN5O2. The van der Waals surface area contributed by atoms with Crippen molar-refractivity contribution in [1.82, 2.24) is 19.8 Å². The van der Waals surface area contributed by atoms with E-state index in [1.165, 1.54) is 6.07 Å². The van der Waals surface area contributed by atoms with E-state index >= 15 is 0 Å². The molecule has 1 aliphatic heterocycles. The van der Waals surface area contributed by atoms with E-state index in [1.54, 1.807) is 42.1 Å². The smallest absolute Gasteiger partial charge is 0.251 e. The summed E-state index contributed by atoms with van der Waals surface area (Å²) in [6.07, 6.45) is 3.64. The molecule has 0 bridgehead atoms. The summed E-state index contributed by atoms with van der Waals surface area (Å²) in [5.41, 5.74) is 2.50. The Balaban J connectivity index is 1.31. The van der Waals surface area contributed by atoms with Gasteiger partial charge in [-0.1, -0.05) is 6.07 Å². The molecule has 0 radical (unpaired) electrons. The molecule has 0 amide bonds. The van der Waals surface area contributed by atoms with Crippen LogP contribution in [0.4, 0.5) is 4.39 Å². The molecule has 3 heterocycles. The molecule has 1 aliphatic rings. The van der Waals surface area contributed by atoms with Gasteiger partial charge in [-0.25, -0.2) is 4.39 Å². The van der Waals surface area contributed by atoms with Crippen molar-refractivity contribution in [2.75, 3.05) is 26.7 Å². The van der Waals surface area contributed by atoms with Crippen LogP contribution in [0, 0.1) is 17.1 Å². The molecule has 0 saturated carbocycles. The largest absolute Gasteiger partial charge is 0.495 e. The highest BCUT2D eigenvalue weighted by molar-refractivity contribution is 5.75. The first kappa shape index (κ1) is 21.9. The number of fused-ring (bicyclic) bond motifs is 1. The second kappa shape index (κ2) is 9.90. The minimum absolute atomic E-state index is 0.0415.